The Bertz CT molecular complexity index is 356. The molecule has 1 amide bonds. The number of carbonyl (C=O) groups is 1. The highest BCUT2D eigenvalue weighted by molar-refractivity contribution is 5.64. The molecule has 0 spiro atoms. The van der Waals surface area contributed by atoms with Crippen LogP contribution in [0.4, 0.5) is 4.79 Å². The first-order valence-corrected chi connectivity index (χ1v) is 6.31. The minimum Gasteiger partial charge on any atom is -0.445 e. The number of hydrogen-bond donors (Lipinski definition) is 1. The van der Waals surface area contributed by atoms with Gasteiger partial charge in [-0.05, 0) is 24.3 Å². The summed E-state index contributed by atoms with van der Waals surface area (Å²) in [6.45, 7) is 3.99. The predicted octanol–water partition coefficient (Wildman–Crippen LogP) is 3.64. The van der Waals surface area contributed by atoms with E-state index in [1.165, 1.54) is 25.7 Å². The van der Waals surface area contributed by atoms with Gasteiger partial charge < -0.3 is 10.5 Å². The fourth-order valence-electron chi connectivity index (χ4n) is 1.92. The molecule has 1 saturated carbocycles. The number of primary amides is 1. The zero-order chi connectivity index (χ0) is 13.2. The smallest absolute Gasteiger partial charge is 0.404 e. The lowest BCUT2D eigenvalue weighted by molar-refractivity contribution is 0.150. The van der Waals surface area contributed by atoms with Crippen molar-refractivity contribution in [2.24, 2.45) is 11.7 Å². The van der Waals surface area contributed by atoms with Crippen LogP contribution in [0, 0.1) is 5.92 Å². The van der Waals surface area contributed by atoms with Gasteiger partial charge in [0.05, 0.1) is 0 Å². The molecule has 1 fully saturated rings. The van der Waals surface area contributed by atoms with Crippen LogP contribution in [-0.4, -0.2) is 6.09 Å². The molecule has 0 aromatic heterocycles. The van der Waals surface area contributed by atoms with Crippen molar-refractivity contribution in [3.63, 3.8) is 0 Å². The van der Waals surface area contributed by atoms with E-state index >= 15 is 0 Å². The minimum absolute atomic E-state index is 0.246. The molecule has 3 heteroatoms. The van der Waals surface area contributed by atoms with E-state index < -0.39 is 6.09 Å². The van der Waals surface area contributed by atoms with Crippen molar-refractivity contribution < 1.29 is 9.53 Å². The molecule has 0 bridgehead atoms. The molecule has 18 heavy (non-hydrogen) atoms. The highest BCUT2D eigenvalue weighted by Gasteiger charge is 2.09. The lowest BCUT2D eigenvalue weighted by atomic mass is 10.1. The Kier molecular flexibility index (Phi) is 6.62. The van der Waals surface area contributed by atoms with Gasteiger partial charge >= 0.3 is 6.09 Å². The van der Waals surface area contributed by atoms with E-state index in [1.807, 2.05) is 30.3 Å². The molecule has 0 unspecified atom stereocenters. The second-order valence-corrected chi connectivity index (χ2v) is 4.37. The van der Waals surface area contributed by atoms with E-state index in [1.54, 1.807) is 0 Å². The van der Waals surface area contributed by atoms with E-state index in [0.29, 0.717) is 0 Å². The van der Waals surface area contributed by atoms with E-state index in [9.17, 15) is 4.79 Å². The molecule has 2 N–H and O–H groups in total. The first-order valence-electron chi connectivity index (χ1n) is 6.31. The van der Waals surface area contributed by atoms with Crippen LogP contribution in [0.1, 0.15) is 31.2 Å². The summed E-state index contributed by atoms with van der Waals surface area (Å²) in [5.74, 6) is 0.861. The summed E-state index contributed by atoms with van der Waals surface area (Å²) in [5, 5.41) is 0. The third kappa shape index (κ3) is 6.09. The average molecular weight is 247 g/mol. The van der Waals surface area contributed by atoms with Crippen molar-refractivity contribution in [2.75, 3.05) is 0 Å². The van der Waals surface area contributed by atoms with Gasteiger partial charge in [0.1, 0.15) is 6.61 Å². The fraction of sp³-hybridized carbons (Fsp3) is 0.400. The number of benzene rings is 1. The third-order valence-corrected chi connectivity index (χ3v) is 2.96. The summed E-state index contributed by atoms with van der Waals surface area (Å²) in [5.41, 5.74) is 5.72. The standard InChI is InChI=1S/C8H9NO2.C7H12/c9-8(10)11-6-7-4-2-1-3-5-7;1-2-7-5-3-4-6-7/h1-5H,6H2,(H2,9,10);2,7H,1,3-6H2. The maximum Gasteiger partial charge on any atom is 0.404 e. The van der Waals surface area contributed by atoms with Gasteiger partial charge in [0.25, 0.3) is 0 Å². The SMILES string of the molecule is C=CC1CCCC1.NC(=O)OCc1ccccc1. The molecule has 0 atom stereocenters. The lowest BCUT2D eigenvalue weighted by Gasteiger charge is -1.99. The number of carbonyl (C=O) groups excluding carboxylic acids is 1. The fourth-order valence-corrected chi connectivity index (χ4v) is 1.92. The Morgan fingerprint density at radius 1 is 1.33 bits per heavy atom. The van der Waals surface area contributed by atoms with Crippen molar-refractivity contribution in [3.05, 3.63) is 48.6 Å². The van der Waals surface area contributed by atoms with Crippen molar-refractivity contribution in [2.45, 2.75) is 32.3 Å². The number of allylic oxidation sites excluding steroid dienone is 1. The maximum atomic E-state index is 10.2. The van der Waals surface area contributed by atoms with Crippen molar-refractivity contribution in [1.82, 2.24) is 0 Å². The van der Waals surface area contributed by atoms with Crippen LogP contribution in [0.2, 0.25) is 0 Å². The molecule has 0 aliphatic heterocycles. The maximum absolute atomic E-state index is 10.2. The highest BCUT2D eigenvalue weighted by Crippen LogP contribution is 2.24. The Morgan fingerprint density at radius 3 is 2.39 bits per heavy atom. The number of hydrogen-bond acceptors (Lipinski definition) is 2. The van der Waals surface area contributed by atoms with Crippen LogP contribution in [0.5, 0.6) is 0 Å². The second kappa shape index (κ2) is 8.34. The van der Waals surface area contributed by atoms with Gasteiger partial charge in [-0.25, -0.2) is 4.79 Å². The van der Waals surface area contributed by atoms with Gasteiger partial charge in [0.15, 0.2) is 0 Å². The molecule has 0 saturated heterocycles. The van der Waals surface area contributed by atoms with Crippen LogP contribution in [0.3, 0.4) is 0 Å². The van der Waals surface area contributed by atoms with E-state index in [-0.39, 0.29) is 6.61 Å². The normalized spacial score (nSPS) is 14.4. The zero-order valence-corrected chi connectivity index (χ0v) is 10.7. The number of amides is 1. The summed E-state index contributed by atoms with van der Waals surface area (Å²) in [7, 11) is 0. The van der Waals surface area contributed by atoms with Gasteiger partial charge in [-0.15, -0.1) is 6.58 Å². The lowest BCUT2D eigenvalue weighted by Crippen LogP contribution is -2.12. The van der Waals surface area contributed by atoms with Crippen LogP contribution < -0.4 is 5.73 Å². The summed E-state index contributed by atoms with van der Waals surface area (Å²) in [4.78, 5) is 10.2. The average Bonchev–Trinajstić information content (AvgIpc) is 2.91. The molecule has 1 aromatic rings. The van der Waals surface area contributed by atoms with E-state index in [0.717, 1.165) is 11.5 Å². The zero-order valence-electron chi connectivity index (χ0n) is 10.7. The van der Waals surface area contributed by atoms with Crippen LogP contribution in [0.25, 0.3) is 0 Å². The Hall–Kier alpha value is -1.77. The Balaban J connectivity index is 0.000000199. The Morgan fingerprint density at radius 2 is 1.94 bits per heavy atom. The molecule has 1 aliphatic rings. The van der Waals surface area contributed by atoms with Gasteiger partial charge in [-0.3, -0.25) is 0 Å². The van der Waals surface area contributed by atoms with Crippen molar-refractivity contribution >= 4 is 6.09 Å². The quantitative estimate of drug-likeness (QED) is 0.829. The molecule has 0 heterocycles. The highest BCUT2D eigenvalue weighted by atomic mass is 16.5. The molecule has 1 aromatic carbocycles. The van der Waals surface area contributed by atoms with Gasteiger partial charge in [-0.1, -0.05) is 49.2 Å². The number of nitrogens with two attached hydrogens (primary N) is 1. The van der Waals surface area contributed by atoms with Gasteiger partial charge in [-0.2, -0.15) is 0 Å². The largest absolute Gasteiger partial charge is 0.445 e. The van der Waals surface area contributed by atoms with Crippen LogP contribution in [-0.2, 0) is 11.3 Å². The van der Waals surface area contributed by atoms with Crippen LogP contribution in [0.15, 0.2) is 43.0 Å². The van der Waals surface area contributed by atoms with E-state index in [2.05, 4.69) is 17.4 Å². The first kappa shape index (κ1) is 14.3. The van der Waals surface area contributed by atoms with Gasteiger partial charge in [0, 0.05) is 0 Å². The molecule has 3 nitrogen and oxygen atoms in total. The molecular formula is C15H21NO2. The van der Waals surface area contributed by atoms with E-state index in [4.69, 9.17) is 5.73 Å². The number of ether oxygens (including phenoxy) is 1. The molecule has 1 aliphatic carbocycles. The summed E-state index contributed by atoms with van der Waals surface area (Å²) < 4.78 is 4.57. The Labute approximate surface area is 109 Å². The second-order valence-electron chi connectivity index (χ2n) is 4.37. The summed E-state index contributed by atoms with van der Waals surface area (Å²) in [6, 6.07) is 9.37. The summed E-state index contributed by atoms with van der Waals surface area (Å²) >= 11 is 0. The topological polar surface area (TPSA) is 52.3 Å². The van der Waals surface area contributed by atoms with Crippen molar-refractivity contribution in [3.8, 4) is 0 Å². The molecule has 2 rings (SSSR count). The summed E-state index contributed by atoms with van der Waals surface area (Å²) in [6.07, 6.45) is 6.99. The predicted molar refractivity (Wildman–Crippen MR) is 73.0 cm³/mol. The van der Waals surface area contributed by atoms with Gasteiger partial charge in [0.2, 0.25) is 0 Å². The molecular weight excluding hydrogens is 226 g/mol. The third-order valence-electron chi connectivity index (χ3n) is 2.96. The first-order chi connectivity index (χ1) is 8.72. The van der Waals surface area contributed by atoms with Crippen molar-refractivity contribution in [1.29, 1.82) is 0 Å². The van der Waals surface area contributed by atoms with Crippen LogP contribution >= 0.6 is 0 Å². The monoisotopic (exact) mass is 247 g/mol. The minimum atomic E-state index is -0.742. The number of rotatable bonds is 3. The molecule has 98 valence electrons. The molecule has 0 radical (unpaired) electrons.